The maximum atomic E-state index is 13.1. The summed E-state index contributed by atoms with van der Waals surface area (Å²) in [5, 5.41) is 13.6. The first kappa shape index (κ1) is 42.2. The summed E-state index contributed by atoms with van der Waals surface area (Å²) in [6.07, 6.45) is 26.8. The van der Waals surface area contributed by atoms with Crippen LogP contribution in [-0.2, 0) is 20.7 Å². The van der Waals surface area contributed by atoms with Crippen LogP contribution in [0.15, 0.2) is 48.5 Å². The van der Waals surface area contributed by atoms with Crippen LogP contribution in [0.25, 0.3) is 0 Å². The van der Waals surface area contributed by atoms with E-state index in [-0.39, 0.29) is 18.3 Å². The van der Waals surface area contributed by atoms with Gasteiger partial charge in [-0.1, -0.05) is 141 Å². The molecule has 0 bridgehead atoms. The van der Waals surface area contributed by atoms with Crippen LogP contribution in [0.4, 0.5) is 4.39 Å². The molecule has 0 aliphatic rings. The largest absolute Gasteiger partial charge is 0.466 e. The van der Waals surface area contributed by atoms with Crippen molar-refractivity contribution in [3.05, 3.63) is 59.9 Å². The van der Waals surface area contributed by atoms with Gasteiger partial charge in [0.2, 0.25) is 5.91 Å². The number of rotatable bonds is 32. The number of halogens is 1. The van der Waals surface area contributed by atoms with Gasteiger partial charge < -0.3 is 19.9 Å². The molecule has 0 aliphatic carbocycles. The highest BCUT2D eigenvalue weighted by Gasteiger charge is 2.21. The molecule has 0 heterocycles. The highest BCUT2D eigenvalue weighted by Crippen LogP contribution is 2.23. The number of carbonyl (C=O) groups is 2. The highest BCUT2D eigenvalue weighted by molar-refractivity contribution is 5.76. The van der Waals surface area contributed by atoms with Gasteiger partial charge in [0.25, 0.3) is 6.47 Å². The topological polar surface area (TPSA) is 84.9 Å². The third kappa shape index (κ3) is 22.4. The molecule has 0 aliphatic heterocycles. The molecule has 1 amide bonds. The van der Waals surface area contributed by atoms with Crippen LogP contribution in [0, 0.1) is 5.82 Å². The number of carbonyl (C=O) groups excluding carboxylic acids is 2. The van der Waals surface area contributed by atoms with Crippen molar-refractivity contribution in [2.45, 2.75) is 173 Å². The molecule has 2 rings (SSSR count). The number of benzene rings is 2. The first-order valence-electron chi connectivity index (χ1n) is 19.6. The molecule has 276 valence electrons. The second-order valence-electron chi connectivity index (χ2n) is 13.7. The highest BCUT2D eigenvalue weighted by atomic mass is 19.1. The number of aliphatic hydroxyl groups is 1. The van der Waals surface area contributed by atoms with Gasteiger partial charge in [-0.05, 0) is 67.6 Å². The predicted molar refractivity (Wildman–Crippen MR) is 198 cm³/mol. The summed E-state index contributed by atoms with van der Waals surface area (Å²) in [5.41, 5.74) is 1.29. The van der Waals surface area contributed by atoms with Crippen LogP contribution in [-0.4, -0.2) is 36.2 Å². The van der Waals surface area contributed by atoms with Crippen LogP contribution in [0.2, 0.25) is 0 Å². The van der Waals surface area contributed by atoms with E-state index >= 15 is 0 Å². The average Bonchev–Trinajstić information content (AvgIpc) is 3.11. The fraction of sp³-hybridized carbons (Fsp3) is 0.667. The number of ether oxygens (including phenoxy) is 2. The van der Waals surface area contributed by atoms with E-state index in [1.807, 2.05) is 12.1 Å². The van der Waals surface area contributed by atoms with Gasteiger partial charge in [0, 0.05) is 6.42 Å². The molecule has 2 aromatic carbocycles. The van der Waals surface area contributed by atoms with Crippen molar-refractivity contribution in [2.24, 2.45) is 0 Å². The van der Waals surface area contributed by atoms with Crippen molar-refractivity contribution >= 4 is 12.4 Å². The zero-order valence-corrected chi connectivity index (χ0v) is 30.5. The third-order valence-electron chi connectivity index (χ3n) is 9.35. The first-order chi connectivity index (χ1) is 24.0. The second kappa shape index (κ2) is 28.9. The van der Waals surface area contributed by atoms with Crippen molar-refractivity contribution < 1.29 is 28.6 Å². The Balaban J connectivity index is 1.44. The van der Waals surface area contributed by atoms with Crippen LogP contribution < -0.4 is 10.1 Å². The molecule has 0 spiro atoms. The van der Waals surface area contributed by atoms with Gasteiger partial charge in [0.15, 0.2) is 0 Å². The molecule has 0 fully saturated rings. The summed E-state index contributed by atoms with van der Waals surface area (Å²) in [7, 11) is 0. The van der Waals surface area contributed by atoms with Crippen LogP contribution in [0.5, 0.6) is 11.5 Å². The average molecular weight is 684 g/mol. The molecule has 7 heteroatoms. The fourth-order valence-corrected chi connectivity index (χ4v) is 6.28. The molecule has 0 aromatic heterocycles. The predicted octanol–water partition coefficient (Wildman–Crippen LogP) is 11.2. The Kier molecular flexibility index (Phi) is 24.9. The van der Waals surface area contributed by atoms with Crippen LogP contribution >= 0.6 is 0 Å². The molecule has 49 heavy (non-hydrogen) atoms. The molecule has 0 radical (unpaired) electrons. The third-order valence-corrected chi connectivity index (χ3v) is 9.35. The Bertz CT molecular complexity index is 1080. The molecule has 6 nitrogen and oxygen atoms in total. The lowest BCUT2D eigenvalue weighted by Gasteiger charge is -2.23. The van der Waals surface area contributed by atoms with Crippen molar-refractivity contribution in [3.63, 3.8) is 0 Å². The Morgan fingerprint density at radius 1 is 0.694 bits per heavy atom. The molecule has 2 atom stereocenters. The smallest absolute Gasteiger partial charge is 0.293 e. The van der Waals surface area contributed by atoms with Crippen LogP contribution in [0.1, 0.15) is 160 Å². The molecule has 0 saturated heterocycles. The van der Waals surface area contributed by atoms with E-state index in [1.165, 1.54) is 114 Å². The van der Waals surface area contributed by atoms with Gasteiger partial charge in [-0.3, -0.25) is 9.59 Å². The SMILES string of the molecule is CCCCCCCCCCCCCCCC(O)[C@H](COC=O)NC(=O)CCCCCCCCCCc1ccc(Oc2ccc(F)cc2)cc1. The summed E-state index contributed by atoms with van der Waals surface area (Å²) < 4.78 is 23.7. The molecular weight excluding hydrogens is 617 g/mol. The number of unbranched alkanes of at least 4 members (excludes halogenated alkanes) is 19. The number of nitrogens with one attached hydrogen (secondary N) is 1. The summed E-state index contributed by atoms with van der Waals surface area (Å²) in [5.74, 6) is 1.01. The van der Waals surface area contributed by atoms with E-state index in [2.05, 4.69) is 24.4 Å². The normalized spacial score (nSPS) is 12.4. The Morgan fingerprint density at radius 3 is 1.69 bits per heavy atom. The molecule has 2 aromatic rings. The monoisotopic (exact) mass is 683 g/mol. The van der Waals surface area contributed by atoms with Crippen molar-refractivity contribution in [3.8, 4) is 11.5 Å². The van der Waals surface area contributed by atoms with E-state index in [1.54, 1.807) is 12.1 Å². The van der Waals surface area contributed by atoms with Gasteiger partial charge in [-0.2, -0.15) is 0 Å². The Labute approximate surface area is 296 Å². The van der Waals surface area contributed by atoms with E-state index < -0.39 is 12.1 Å². The number of hydrogen-bond donors (Lipinski definition) is 2. The second-order valence-corrected chi connectivity index (χ2v) is 13.7. The number of aliphatic hydroxyl groups excluding tert-OH is 1. The minimum absolute atomic E-state index is 0.00605. The number of amides is 1. The number of hydrogen-bond acceptors (Lipinski definition) is 5. The quantitative estimate of drug-likeness (QED) is 0.0592. The van der Waals surface area contributed by atoms with Crippen LogP contribution in [0.3, 0.4) is 0 Å². The van der Waals surface area contributed by atoms with Crippen molar-refractivity contribution in [1.29, 1.82) is 0 Å². The zero-order chi connectivity index (χ0) is 35.2. The Morgan fingerprint density at radius 2 is 1.16 bits per heavy atom. The lowest BCUT2D eigenvalue weighted by Crippen LogP contribution is -2.46. The minimum atomic E-state index is -0.710. The molecule has 2 N–H and O–H groups in total. The molecular formula is C42H66FNO5. The van der Waals surface area contributed by atoms with Gasteiger partial charge in [-0.15, -0.1) is 0 Å². The number of aryl methyl sites for hydroxylation is 1. The maximum Gasteiger partial charge on any atom is 0.293 e. The molecule has 0 saturated carbocycles. The van der Waals surface area contributed by atoms with Crippen molar-refractivity contribution in [1.82, 2.24) is 5.32 Å². The van der Waals surface area contributed by atoms with E-state index in [9.17, 15) is 19.1 Å². The van der Waals surface area contributed by atoms with Gasteiger partial charge in [-0.25, -0.2) is 4.39 Å². The van der Waals surface area contributed by atoms with E-state index in [4.69, 9.17) is 9.47 Å². The lowest BCUT2D eigenvalue weighted by atomic mass is 10.0. The Hall–Kier alpha value is -2.93. The molecule has 1 unspecified atom stereocenters. The lowest BCUT2D eigenvalue weighted by molar-refractivity contribution is -0.132. The first-order valence-corrected chi connectivity index (χ1v) is 19.6. The van der Waals surface area contributed by atoms with Gasteiger partial charge >= 0.3 is 0 Å². The summed E-state index contributed by atoms with van der Waals surface area (Å²) >= 11 is 0. The van der Waals surface area contributed by atoms with E-state index in [0.717, 1.165) is 50.7 Å². The van der Waals surface area contributed by atoms with Crippen molar-refractivity contribution in [2.75, 3.05) is 6.61 Å². The maximum absolute atomic E-state index is 13.1. The summed E-state index contributed by atoms with van der Waals surface area (Å²) in [4.78, 5) is 23.3. The van der Waals surface area contributed by atoms with E-state index in [0.29, 0.717) is 25.1 Å². The van der Waals surface area contributed by atoms with Gasteiger partial charge in [0.1, 0.15) is 23.9 Å². The zero-order valence-electron chi connectivity index (χ0n) is 30.5. The standard InChI is InChI=1S/C42H66FNO5/c1-2-3-4-5-6-7-8-9-10-11-15-18-21-24-41(46)40(34-48-35-45)44-42(47)25-22-19-16-13-12-14-17-20-23-36-26-30-38(31-27-36)49-39-32-28-37(43)29-33-39/h26-33,35,40-41,46H,2-25,34H2,1H3,(H,44,47)/t40-,41?/m0/s1. The minimum Gasteiger partial charge on any atom is -0.466 e. The summed E-state index contributed by atoms with van der Waals surface area (Å²) in [6, 6.07) is 13.6. The summed E-state index contributed by atoms with van der Waals surface area (Å²) in [6.45, 7) is 2.64. The fourth-order valence-electron chi connectivity index (χ4n) is 6.28. The van der Waals surface area contributed by atoms with Gasteiger partial charge in [0.05, 0.1) is 12.1 Å².